The van der Waals surface area contributed by atoms with Gasteiger partial charge in [0.15, 0.2) is 10.9 Å². The molecule has 0 unspecified atom stereocenters. The van der Waals surface area contributed by atoms with Gasteiger partial charge in [-0.15, -0.1) is 0 Å². The second-order valence-electron chi connectivity index (χ2n) is 13.0. The first kappa shape index (κ1) is 30.2. The van der Waals surface area contributed by atoms with Crippen LogP contribution in [-0.4, -0.2) is 80.7 Å². The average Bonchev–Trinajstić information content (AvgIpc) is 3.83. The van der Waals surface area contributed by atoms with Crippen molar-refractivity contribution in [3.8, 4) is 33.5 Å². The highest BCUT2D eigenvalue weighted by Crippen LogP contribution is 2.49. The van der Waals surface area contributed by atoms with Gasteiger partial charge < -0.3 is 24.6 Å². The van der Waals surface area contributed by atoms with E-state index in [1.165, 1.54) is 57.0 Å². The third kappa shape index (κ3) is 5.94. The van der Waals surface area contributed by atoms with Crippen molar-refractivity contribution in [3.63, 3.8) is 0 Å². The molecule has 2 amide bonds. The Morgan fingerprint density at radius 3 is 2.44 bits per heavy atom. The Hall–Kier alpha value is -3.51. The van der Waals surface area contributed by atoms with Crippen LogP contribution in [0.1, 0.15) is 82.9 Å². The van der Waals surface area contributed by atoms with Crippen LogP contribution < -0.4 is 14.8 Å². The number of thiazole rings is 1. The topological polar surface area (TPSA) is 115 Å². The number of hydrogen-bond donors (Lipinski definition) is 1. The lowest BCUT2D eigenvalue weighted by Crippen LogP contribution is -2.46. The summed E-state index contributed by atoms with van der Waals surface area (Å²) in [5.74, 6) is 1.43. The van der Waals surface area contributed by atoms with Crippen LogP contribution >= 0.6 is 11.3 Å². The van der Waals surface area contributed by atoms with Gasteiger partial charge in [0.25, 0.3) is 0 Å². The van der Waals surface area contributed by atoms with E-state index in [9.17, 15) is 9.59 Å². The van der Waals surface area contributed by atoms with E-state index < -0.39 is 0 Å². The maximum atomic E-state index is 13.7. The fourth-order valence-electron chi connectivity index (χ4n) is 7.81. The SMILES string of the molecule is COc1ccc(-c2c3c(nn2[C@H]2CC[C@H](C(=O)N(C)[C@H]4CC[C@@H](N5CCCC5)CC4)CC2)-c2sc(NC(C)=O)nc2CO3)cn1. The summed E-state index contributed by atoms with van der Waals surface area (Å²) in [4.78, 5) is 40.1. The predicted octanol–water partition coefficient (Wildman–Crippen LogP) is 5.52. The van der Waals surface area contributed by atoms with Crippen molar-refractivity contribution in [3.05, 3.63) is 24.0 Å². The minimum atomic E-state index is -0.163. The van der Waals surface area contributed by atoms with Crippen LogP contribution in [-0.2, 0) is 16.2 Å². The van der Waals surface area contributed by atoms with Gasteiger partial charge in [-0.05, 0) is 83.4 Å². The number of nitrogens with one attached hydrogen (secondary N) is 1. The predicted molar refractivity (Wildman–Crippen MR) is 172 cm³/mol. The maximum Gasteiger partial charge on any atom is 0.225 e. The molecule has 2 saturated carbocycles. The van der Waals surface area contributed by atoms with E-state index in [0.717, 1.165) is 66.0 Å². The van der Waals surface area contributed by atoms with E-state index in [4.69, 9.17) is 14.6 Å². The third-order valence-corrected chi connectivity index (χ3v) is 11.3. The first-order chi connectivity index (χ1) is 21.9. The first-order valence-corrected chi connectivity index (χ1v) is 17.2. The van der Waals surface area contributed by atoms with Gasteiger partial charge in [0.1, 0.15) is 23.7 Å². The van der Waals surface area contributed by atoms with Crippen molar-refractivity contribution in [2.24, 2.45) is 5.92 Å². The van der Waals surface area contributed by atoms with Crippen molar-refractivity contribution in [1.29, 1.82) is 0 Å². The summed E-state index contributed by atoms with van der Waals surface area (Å²) >= 11 is 1.42. The molecule has 0 bridgehead atoms. The van der Waals surface area contributed by atoms with Crippen LogP contribution in [0.15, 0.2) is 18.3 Å². The Morgan fingerprint density at radius 1 is 1.04 bits per heavy atom. The second kappa shape index (κ2) is 12.7. The van der Waals surface area contributed by atoms with E-state index in [1.807, 2.05) is 19.2 Å². The zero-order valence-corrected chi connectivity index (χ0v) is 27.3. The average molecular weight is 634 g/mol. The highest BCUT2D eigenvalue weighted by atomic mass is 32.1. The number of aromatic nitrogens is 4. The summed E-state index contributed by atoms with van der Waals surface area (Å²) < 4.78 is 13.7. The minimum Gasteiger partial charge on any atom is -0.483 e. The molecule has 1 N–H and O–H groups in total. The summed E-state index contributed by atoms with van der Waals surface area (Å²) in [6, 6.07) is 5.01. The molecular formula is C33H43N7O4S. The van der Waals surface area contributed by atoms with E-state index >= 15 is 0 Å². The molecule has 0 spiro atoms. The Morgan fingerprint density at radius 2 is 1.78 bits per heavy atom. The third-order valence-electron chi connectivity index (χ3n) is 10.2. The lowest BCUT2D eigenvalue weighted by atomic mass is 9.83. The first-order valence-electron chi connectivity index (χ1n) is 16.4. The molecule has 0 atom stereocenters. The molecular weight excluding hydrogens is 590 g/mol. The number of likely N-dealkylation sites (tertiary alicyclic amines) is 1. The number of rotatable bonds is 7. The van der Waals surface area contributed by atoms with Crippen LogP contribution in [0.4, 0.5) is 5.13 Å². The quantitative estimate of drug-likeness (QED) is 0.362. The number of hydrogen-bond acceptors (Lipinski definition) is 9. The highest BCUT2D eigenvalue weighted by Gasteiger charge is 2.37. The molecule has 5 heterocycles. The van der Waals surface area contributed by atoms with Gasteiger partial charge >= 0.3 is 0 Å². The zero-order valence-electron chi connectivity index (χ0n) is 26.5. The number of pyridine rings is 1. The van der Waals surface area contributed by atoms with Crippen molar-refractivity contribution >= 4 is 28.3 Å². The summed E-state index contributed by atoms with van der Waals surface area (Å²) in [5.41, 5.74) is 3.27. The van der Waals surface area contributed by atoms with Gasteiger partial charge in [0, 0.05) is 49.8 Å². The van der Waals surface area contributed by atoms with E-state index in [-0.39, 0.29) is 17.9 Å². The summed E-state index contributed by atoms with van der Waals surface area (Å²) in [5, 5.41) is 8.48. The molecule has 3 aromatic heterocycles. The van der Waals surface area contributed by atoms with Gasteiger partial charge in [0.2, 0.25) is 17.7 Å². The van der Waals surface area contributed by atoms with Gasteiger partial charge in [0.05, 0.1) is 18.0 Å². The number of methoxy groups -OCH3 is 1. The maximum absolute atomic E-state index is 13.7. The number of anilines is 1. The van der Waals surface area contributed by atoms with E-state index in [1.54, 1.807) is 13.3 Å². The van der Waals surface area contributed by atoms with Gasteiger partial charge in [-0.2, -0.15) is 5.10 Å². The van der Waals surface area contributed by atoms with Gasteiger partial charge in [-0.3, -0.25) is 14.3 Å². The number of nitrogens with zero attached hydrogens (tertiary/aromatic N) is 6. The molecule has 3 fully saturated rings. The van der Waals surface area contributed by atoms with Crippen molar-refractivity contribution in [2.45, 2.75) is 95.9 Å². The number of amides is 2. The lowest BCUT2D eigenvalue weighted by molar-refractivity contribution is -0.138. The highest BCUT2D eigenvalue weighted by molar-refractivity contribution is 7.19. The number of carbonyl (C=O) groups excluding carboxylic acids is 2. The summed E-state index contributed by atoms with van der Waals surface area (Å²) in [6.07, 6.45) is 12.5. The van der Waals surface area contributed by atoms with Crippen LogP contribution in [0, 0.1) is 5.92 Å². The number of fused-ring (bicyclic) bond motifs is 3. The Balaban J connectivity index is 1.08. The standard InChI is InChI=1S/C33H43N7O4S/c1-20(41)35-33-36-26-19-44-30-28(31(26)45-33)37-40(29(30)22-8-15-27(43-3)34-18-22)25-9-6-21(7-10-25)32(42)38(2)23-11-13-24(14-12-23)39-16-4-5-17-39/h8,15,18,21,23-25H,4-7,9-14,16-17,19H2,1-3H3,(H,35,36,41)/t21-,23-,24+,25-. The van der Waals surface area contributed by atoms with Crippen molar-refractivity contribution < 1.29 is 19.1 Å². The fourth-order valence-corrected chi connectivity index (χ4v) is 8.80. The molecule has 4 aliphatic rings. The monoisotopic (exact) mass is 633 g/mol. The largest absolute Gasteiger partial charge is 0.483 e. The summed E-state index contributed by atoms with van der Waals surface area (Å²) in [7, 11) is 3.64. The van der Waals surface area contributed by atoms with Crippen LogP contribution in [0.3, 0.4) is 0 Å². The molecule has 12 heteroatoms. The Bertz CT molecular complexity index is 1530. The smallest absolute Gasteiger partial charge is 0.225 e. The number of carbonyl (C=O) groups is 2. The van der Waals surface area contributed by atoms with Crippen LogP contribution in [0.25, 0.3) is 21.8 Å². The molecule has 2 aliphatic carbocycles. The molecule has 7 rings (SSSR count). The Labute approximate surface area is 268 Å². The normalized spacial score (nSPS) is 24.8. The lowest BCUT2D eigenvalue weighted by Gasteiger charge is -2.40. The molecule has 45 heavy (non-hydrogen) atoms. The molecule has 3 aromatic rings. The Kier molecular flexibility index (Phi) is 8.52. The summed E-state index contributed by atoms with van der Waals surface area (Å²) in [6.45, 7) is 4.27. The molecule has 0 aromatic carbocycles. The van der Waals surface area contributed by atoms with Crippen LogP contribution in [0.5, 0.6) is 11.6 Å². The molecule has 240 valence electrons. The molecule has 0 radical (unpaired) electrons. The zero-order chi connectivity index (χ0) is 31.1. The number of ether oxygens (including phenoxy) is 2. The fraction of sp³-hybridized carbons (Fsp3) is 0.606. The molecule has 1 saturated heterocycles. The molecule has 2 aliphatic heterocycles. The van der Waals surface area contributed by atoms with E-state index in [2.05, 4.69) is 29.8 Å². The van der Waals surface area contributed by atoms with Crippen LogP contribution in [0.2, 0.25) is 0 Å². The molecule has 11 nitrogen and oxygen atoms in total. The van der Waals surface area contributed by atoms with Gasteiger partial charge in [-0.1, -0.05) is 11.3 Å². The van der Waals surface area contributed by atoms with Crippen molar-refractivity contribution in [2.75, 3.05) is 32.6 Å². The van der Waals surface area contributed by atoms with E-state index in [0.29, 0.717) is 41.4 Å². The van der Waals surface area contributed by atoms with Gasteiger partial charge in [-0.25, -0.2) is 9.97 Å². The second-order valence-corrected chi connectivity index (χ2v) is 14.0. The van der Waals surface area contributed by atoms with Crippen molar-refractivity contribution in [1.82, 2.24) is 29.5 Å². The minimum absolute atomic E-state index is 0.0448.